The highest BCUT2D eigenvalue weighted by atomic mass is 32.1. The van der Waals surface area contributed by atoms with Crippen LogP contribution in [0.15, 0.2) is 59.4 Å². The Morgan fingerprint density at radius 3 is 2.45 bits per heavy atom. The molecule has 5 rings (SSSR count). The summed E-state index contributed by atoms with van der Waals surface area (Å²) in [5, 5.41) is 8.49. The Balaban J connectivity index is 1.47. The SMILES string of the molecule is Cc1c(-n2nnn(CN(Cc3ccc(F)cc3)C3CC3)c2=S)c(=O)n(-c2ccccc2)n1C. The van der Waals surface area contributed by atoms with Crippen LogP contribution in [0.4, 0.5) is 4.39 Å². The first-order chi connectivity index (χ1) is 15.9. The van der Waals surface area contributed by atoms with Crippen LogP contribution < -0.4 is 5.56 Å². The predicted molar refractivity (Wildman–Crippen MR) is 124 cm³/mol. The molecule has 0 spiro atoms. The number of para-hydroxylation sites is 1. The lowest BCUT2D eigenvalue weighted by molar-refractivity contribution is 0.185. The molecule has 2 aromatic heterocycles. The second-order valence-corrected chi connectivity index (χ2v) is 8.69. The topological polar surface area (TPSA) is 65.8 Å². The van der Waals surface area contributed by atoms with Gasteiger partial charge in [-0.05, 0) is 72.2 Å². The molecule has 8 nitrogen and oxygen atoms in total. The van der Waals surface area contributed by atoms with Crippen molar-refractivity contribution in [1.82, 2.24) is 34.1 Å². The number of aromatic nitrogens is 6. The molecule has 1 fully saturated rings. The van der Waals surface area contributed by atoms with Crippen molar-refractivity contribution in [1.29, 1.82) is 0 Å². The quantitative estimate of drug-likeness (QED) is 0.392. The van der Waals surface area contributed by atoms with Crippen molar-refractivity contribution in [2.45, 2.75) is 39.0 Å². The smallest absolute Gasteiger partial charge is 0.283 e. The zero-order chi connectivity index (χ0) is 23.1. The van der Waals surface area contributed by atoms with Crippen molar-refractivity contribution in [2.24, 2.45) is 7.05 Å². The number of nitrogens with zero attached hydrogens (tertiary/aromatic N) is 7. The fourth-order valence-electron chi connectivity index (χ4n) is 4.03. The van der Waals surface area contributed by atoms with Crippen LogP contribution in [0.3, 0.4) is 0 Å². The molecule has 2 heterocycles. The highest BCUT2D eigenvalue weighted by Crippen LogP contribution is 2.29. The Morgan fingerprint density at radius 2 is 1.79 bits per heavy atom. The standard InChI is InChI=1S/C23H24FN7OS/c1-16-21(22(32)31(27(16)2)20-6-4-3-5-7-20)30-23(33)29(25-26-30)15-28(19-12-13-19)14-17-8-10-18(24)11-9-17/h3-11,19H,12-15H2,1-2H3. The summed E-state index contributed by atoms with van der Waals surface area (Å²) >= 11 is 5.67. The van der Waals surface area contributed by atoms with Gasteiger partial charge in [-0.2, -0.15) is 4.68 Å². The number of rotatable bonds is 7. The Labute approximate surface area is 195 Å². The maximum atomic E-state index is 13.3. The molecule has 0 amide bonds. The summed E-state index contributed by atoms with van der Waals surface area (Å²) in [7, 11) is 1.83. The summed E-state index contributed by atoms with van der Waals surface area (Å²) in [5.41, 5.74) is 2.69. The summed E-state index contributed by atoms with van der Waals surface area (Å²) in [4.78, 5) is 15.6. The van der Waals surface area contributed by atoms with Gasteiger partial charge in [0, 0.05) is 19.6 Å². The molecule has 0 radical (unpaired) electrons. The van der Waals surface area contributed by atoms with E-state index < -0.39 is 0 Å². The molecule has 0 unspecified atom stereocenters. The minimum absolute atomic E-state index is 0.213. The van der Waals surface area contributed by atoms with Gasteiger partial charge in [-0.3, -0.25) is 14.4 Å². The van der Waals surface area contributed by atoms with Gasteiger partial charge in [-0.25, -0.2) is 13.8 Å². The third-order valence-electron chi connectivity index (χ3n) is 6.05. The van der Waals surface area contributed by atoms with Gasteiger partial charge in [0.05, 0.1) is 18.1 Å². The zero-order valence-electron chi connectivity index (χ0n) is 18.4. The largest absolute Gasteiger partial charge is 0.297 e. The van der Waals surface area contributed by atoms with Crippen molar-refractivity contribution in [3.63, 3.8) is 0 Å². The van der Waals surface area contributed by atoms with Gasteiger partial charge in [-0.1, -0.05) is 30.3 Å². The minimum Gasteiger partial charge on any atom is -0.283 e. The predicted octanol–water partition coefficient (Wildman–Crippen LogP) is 3.36. The maximum absolute atomic E-state index is 13.3. The normalized spacial score (nSPS) is 13.7. The van der Waals surface area contributed by atoms with Gasteiger partial charge in [0.15, 0.2) is 5.69 Å². The average Bonchev–Trinajstić information content (AvgIpc) is 3.57. The summed E-state index contributed by atoms with van der Waals surface area (Å²) in [6, 6.07) is 16.4. The van der Waals surface area contributed by atoms with Crippen molar-refractivity contribution in [3.05, 3.63) is 86.8 Å². The summed E-state index contributed by atoms with van der Waals surface area (Å²) in [5.74, 6) is -0.249. The summed E-state index contributed by atoms with van der Waals surface area (Å²) < 4.78 is 20.1. The zero-order valence-corrected chi connectivity index (χ0v) is 19.2. The molecule has 170 valence electrons. The second-order valence-electron chi connectivity index (χ2n) is 8.33. The lowest BCUT2D eigenvalue weighted by atomic mass is 10.2. The molecule has 2 aromatic carbocycles. The van der Waals surface area contributed by atoms with Gasteiger partial charge < -0.3 is 0 Å². The van der Waals surface area contributed by atoms with Gasteiger partial charge >= 0.3 is 0 Å². The van der Waals surface area contributed by atoms with Crippen molar-refractivity contribution < 1.29 is 4.39 Å². The minimum atomic E-state index is -0.249. The van der Waals surface area contributed by atoms with E-state index in [1.54, 1.807) is 26.2 Å². The summed E-state index contributed by atoms with van der Waals surface area (Å²) in [6.07, 6.45) is 2.20. The van der Waals surface area contributed by atoms with Crippen LogP contribution in [0.25, 0.3) is 11.4 Å². The van der Waals surface area contributed by atoms with E-state index in [1.807, 2.05) is 44.3 Å². The maximum Gasteiger partial charge on any atom is 0.297 e. The molecular formula is C23H24FN7OS. The molecule has 0 atom stereocenters. The van der Waals surface area contributed by atoms with Gasteiger partial charge in [0.1, 0.15) is 5.82 Å². The highest BCUT2D eigenvalue weighted by molar-refractivity contribution is 7.71. The van der Waals surface area contributed by atoms with E-state index in [0.29, 0.717) is 29.7 Å². The van der Waals surface area contributed by atoms with Gasteiger partial charge in [0.2, 0.25) is 4.77 Å². The van der Waals surface area contributed by atoms with Crippen molar-refractivity contribution in [3.8, 4) is 11.4 Å². The Kier molecular flexibility index (Phi) is 5.55. The van der Waals surface area contributed by atoms with Crippen LogP contribution in [-0.4, -0.2) is 40.1 Å². The van der Waals surface area contributed by atoms with Crippen LogP contribution in [0.1, 0.15) is 24.1 Å². The molecule has 0 aliphatic heterocycles. The van der Waals surface area contributed by atoms with E-state index in [2.05, 4.69) is 15.3 Å². The number of tetrazole rings is 1. The first-order valence-corrected chi connectivity index (χ1v) is 11.2. The third kappa shape index (κ3) is 4.07. The lowest BCUT2D eigenvalue weighted by Crippen LogP contribution is -2.29. The molecule has 0 N–H and O–H groups in total. The van der Waals surface area contributed by atoms with Crippen molar-refractivity contribution in [2.75, 3.05) is 0 Å². The Morgan fingerprint density at radius 1 is 1.09 bits per heavy atom. The van der Waals surface area contributed by atoms with Crippen LogP contribution >= 0.6 is 12.2 Å². The number of benzene rings is 2. The second kappa shape index (κ2) is 8.53. The van der Waals surface area contributed by atoms with Crippen LogP contribution in [0.5, 0.6) is 0 Å². The fourth-order valence-corrected chi connectivity index (χ4v) is 4.25. The lowest BCUT2D eigenvalue weighted by Gasteiger charge is -2.21. The third-order valence-corrected chi connectivity index (χ3v) is 6.44. The van der Waals surface area contributed by atoms with Crippen LogP contribution in [0, 0.1) is 17.5 Å². The molecule has 0 bridgehead atoms. The molecule has 0 saturated heterocycles. The molecule has 4 aromatic rings. The van der Waals surface area contributed by atoms with Gasteiger partial charge in [-0.15, -0.1) is 0 Å². The Hall–Kier alpha value is -3.37. The van der Waals surface area contributed by atoms with E-state index in [4.69, 9.17) is 12.2 Å². The van der Waals surface area contributed by atoms with Crippen LogP contribution in [0.2, 0.25) is 0 Å². The fraction of sp³-hybridized carbons (Fsp3) is 0.304. The molecular weight excluding hydrogens is 441 g/mol. The molecule has 1 saturated carbocycles. The van der Waals surface area contributed by atoms with E-state index >= 15 is 0 Å². The number of hydrogen-bond donors (Lipinski definition) is 0. The molecule has 33 heavy (non-hydrogen) atoms. The first kappa shape index (κ1) is 21.5. The summed E-state index contributed by atoms with van der Waals surface area (Å²) in [6.45, 7) is 2.96. The van der Waals surface area contributed by atoms with E-state index in [-0.39, 0.29) is 11.4 Å². The number of halogens is 1. The molecule has 1 aliphatic carbocycles. The highest BCUT2D eigenvalue weighted by Gasteiger charge is 2.30. The van der Waals surface area contributed by atoms with E-state index in [9.17, 15) is 9.18 Å². The monoisotopic (exact) mass is 465 g/mol. The molecule has 10 heteroatoms. The Bertz CT molecular complexity index is 1400. The average molecular weight is 466 g/mol. The van der Waals surface area contributed by atoms with E-state index in [1.165, 1.54) is 16.8 Å². The van der Waals surface area contributed by atoms with Crippen LogP contribution in [-0.2, 0) is 20.3 Å². The first-order valence-electron chi connectivity index (χ1n) is 10.8. The molecule has 1 aliphatic rings. The number of hydrogen-bond acceptors (Lipinski definition) is 5. The van der Waals surface area contributed by atoms with E-state index in [0.717, 1.165) is 29.8 Å². The van der Waals surface area contributed by atoms with Gasteiger partial charge in [0.25, 0.3) is 5.56 Å². The van der Waals surface area contributed by atoms with Crippen molar-refractivity contribution >= 4 is 12.2 Å².